The van der Waals surface area contributed by atoms with E-state index in [4.69, 9.17) is 9.84 Å². The van der Waals surface area contributed by atoms with Crippen molar-refractivity contribution in [3.63, 3.8) is 0 Å². The normalized spacial score (nSPS) is 18.8. The van der Waals surface area contributed by atoms with E-state index in [1.165, 1.54) is 16.2 Å². The Morgan fingerprint density at radius 1 is 1.35 bits per heavy atom. The number of nitrogens with zero attached hydrogens (tertiary/aromatic N) is 3. The van der Waals surface area contributed by atoms with Gasteiger partial charge in [0.05, 0.1) is 25.4 Å². The Labute approximate surface area is 158 Å². The zero-order valence-electron chi connectivity index (χ0n) is 13.7. The molecule has 3 rings (SSSR count). The Morgan fingerprint density at radius 3 is 2.73 bits per heavy atom. The summed E-state index contributed by atoms with van der Waals surface area (Å²) in [5, 5.41) is 18.8. The number of rotatable bonds is 6. The van der Waals surface area contributed by atoms with Crippen LogP contribution in [-0.2, 0) is 9.59 Å². The van der Waals surface area contributed by atoms with Crippen LogP contribution in [0.15, 0.2) is 52.0 Å². The van der Waals surface area contributed by atoms with Crippen LogP contribution in [0.5, 0.6) is 5.75 Å². The Morgan fingerprint density at radius 2 is 2.12 bits per heavy atom. The molecule has 7 nitrogen and oxygen atoms in total. The van der Waals surface area contributed by atoms with Crippen molar-refractivity contribution in [2.45, 2.75) is 11.7 Å². The van der Waals surface area contributed by atoms with Crippen LogP contribution >= 0.6 is 23.1 Å². The molecular weight excluding hydrogens is 374 g/mol. The average molecular weight is 389 g/mol. The quantitative estimate of drug-likeness (QED) is 0.606. The predicted octanol–water partition coefficient (Wildman–Crippen LogP) is 3.07. The van der Waals surface area contributed by atoms with Crippen LogP contribution in [0, 0.1) is 0 Å². The van der Waals surface area contributed by atoms with Gasteiger partial charge in [-0.15, -0.1) is 16.4 Å². The van der Waals surface area contributed by atoms with Crippen molar-refractivity contribution in [1.29, 1.82) is 0 Å². The first kappa shape index (κ1) is 18.2. The second-order valence-corrected chi connectivity index (χ2v) is 7.37. The van der Waals surface area contributed by atoms with Crippen LogP contribution in [-0.4, -0.2) is 40.7 Å². The molecule has 1 atom stereocenters. The monoisotopic (exact) mass is 389 g/mol. The second-order valence-electron chi connectivity index (χ2n) is 5.22. The highest BCUT2D eigenvalue weighted by Crippen LogP contribution is 2.34. The number of aliphatic carboxylic acids is 1. The number of carbonyl (C=O) groups excluding carboxylic acids is 1. The molecule has 9 heteroatoms. The molecule has 1 fully saturated rings. The Kier molecular flexibility index (Phi) is 5.69. The van der Waals surface area contributed by atoms with Crippen LogP contribution in [0.25, 0.3) is 0 Å². The maximum Gasteiger partial charge on any atom is 0.305 e. The molecule has 134 valence electrons. The molecule has 1 aliphatic rings. The number of carboxylic acid groups (broad SMARTS) is 1. The van der Waals surface area contributed by atoms with Crippen LogP contribution in [0.3, 0.4) is 0 Å². The molecule has 1 N–H and O–H groups in total. The summed E-state index contributed by atoms with van der Waals surface area (Å²) >= 11 is 2.62. The molecule has 1 saturated heterocycles. The van der Waals surface area contributed by atoms with Crippen molar-refractivity contribution in [2.75, 3.05) is 12.0 Å². The first-order chi connectivity index (χ1) is 12.6. The lowest BCUT2D eigenvalue weighted by Crippen LogP contribution is -2.32. The van der Waals surface area contributed by atoms with Gasteiger partial charge in [-0.25, -0.2) is 0 Å². The van der Waals surface area contributed by atoms with E-state index < -0.39 is 11.2 Å². The molecule has 1 aromatic carbocycles. The van der Waals surface area contributed by atoms with E-state index in [0.717, 1.165) is 16.6 Å². The molecule has 0 bridgehead atoms. The number of carboxylic acids is 1. The van der Waals surface area contributed by atoms with Gasteiger partial charge in [0, 0.05) is 4.88 Å². The van der Waals surface area contributed by atoms with Crippen molar-refractivity contribution >= 4 is 52.0 Å². The largest absolute Gasteiger partial charge is 0.497 e. The van der Waals surface area contributed by atoms with Crippen molar-refractivity contribution in [3.05, 3.63) is 46.7 Å². The summed E-state index contributed by atoms with van der Waals surface area (Å²) in [6.07, 6.45) is 1.32. The van der Waals surface area contributed by atoms with Gasteiger partial charge in [-0.3, -0.25) is 14.5 Å². The molecule has 0 spiro atoms. The van der Waals surface area contributed by atoms with Crippen LogP contribution in [0.1, 0.15) is 11.3 Å². The summed E-state index contributed by atoms with van der Waals surface area (Å²) in [6.45, 7) is 0. The Balaban J connectivity index is 1.89. The number of hydrogen-bond donors (Lipinski definition) is 1. The van der Waals surface area contributed by atoms with E-state index in [1.807, 2.05) is 17.5 Å². The number of thiophene rings is 1. The molecule has 1 aromatic heterocycles. The van der Waals surface area contributed by atoms with Gasteiger partial charge in [-0.2, -0.15) is 5.10 Å². The number of amides is 1. The third kappa shape index (κ3) is 4.12. The number of ether oxygens (including phenoxy) is 1. The summed E-state index contributed by atoms with van der Waals surface area (Å²) in [7, 11) is 1.56. The summed E-state index contributed by atoms with van der Waals surface area (Å²) < 4.78 is 5.13. The smallest absolute Gasteiger partial charge is 0.305 e. The van der Waals surface area contributed by atoms with Gasteiger partial charge in [0.15, 0.2) is 5.17 Å². The van der Waals surface area contributed by atoms with Crippen molar-refractivity contribution in [2.24, 2.45) is 10.2 Å². The topological polar surface area (TPSA) is 91.6 Å². The highest BCUT2D eigenvalue weighted by molar-refractivity contribution is 8.16. The minimum absolute atomic E-state index is 0.274. The predicted molar refractivity (Wildman–Crippen MR) is 103 cm³/mol. The molecule has 1 amide bonds. The zero-order valence-corrected chi connectivity index (χ0v) is 15.4. The lowest BCUT2D eigenvalue weighted by Gasteiger charge is -2.16. The second kappa shape index (κ2) is 8.15. The fraction of sp³-hybridized carbons (Fsp3) is 0.176. The minimum atomic E-state index is -1.03. The van der Waals surface area contributed by atoms with E-state index in [-0.39, 0.29) is 12.3 Å². The zero-order chi connectivity index (χ0) is 18.5. The number of hydrogen-bond acceptors (Lipinski definition) is 7. The fourth-order valence-corrected chi connectivity index (χ4v) is 3.95. The van der Waals surface area contributed by atoms with Crippen LogP contribution in [0.2, 0.25) is 0 Å². The number of thioether (sulfide) groups is 1. The van der Waals surface area contributed by atoms with Crippen molar-refractivity contribution in [3.8, 4) is 5.75 Å². The minimum Gasteiger partial charge on any atom is -0.497 e. The van der Waals surface area contributed by atoms with Gasteiger partial charge in [0.25, 0.3) is 0 Å². The van der Waals surface area contributed by atoms with E-state index in [1.54, 1.807) is 37.6 Å². The van der Waals surface area contributed by atoms with Gasteiger partial charge in [-0.1, -0.05) is 17.8 Å². The first-order valence-corrected chi connectivity index (χ1v) is 9.35. The molecule has 26 heavy (non-hydrogen) atoms. The van der Waals surface area contributed by atoms with E-state index in [9.17, 15) is 9.59 Å². The summed E-state index contributed by atoms with van der Waals surface area (Å²) in [5.41, 5.74) is 0.585. The molecule has 0 radical (unpaired) electrons. The Bertz CT molecular complexity index is 847. The molecule has 2 aromatic rings. The van der Waals surface area contributed by atoms with Gasteiger partial charge in [0.1, 0.15) is 11.0 Å². The third-order valence-corrected chi connectivity index (χ3v) is 5.43. The number of amidine groups is 1. The number of anilines is 1. The molecular formula is C17H15N3O4S2. The summed E-state index contributed by atoms with van der Waals surface area (Å²) in [6, 6.07) is 10.7. The maximum atomic E-state index is 12.7. The molecule has 0 aliphatic carbocycles. The van der Waals surface area contributed by atoms with E-state index in [0.29, 0.717) is 16.6 Å². The summed E-state index contributed by atoms with van der Waals surface area (Å²) in [5.74, 6) is -0.703. The lowest BCUT2D eigenvalue weighted by molar-refractivity contribution is -0.138. The average Bonchev–Trinajstić information content (AvgIpc) is 3.24. The van der Waals surface area contributed by atoms with Crippen molar-refractivity contribution < 1.29 is 19.4 Å². The lowest BCUT2D eigenvalue weighted by atomic mass is 10.2. The standard InChI is InChI=1S/C17H15N3O4S2/c1-24-12-6-4-11(5-7-12)20-16(23)14(9-15(21)22)26-17(20)19-18-10-13-3-2-8-25-13/h2-8,10,14H,9H2,1H3,(H,21,22)/b18-10-,19-17+/t14-/m1/s1. The molecule has 2 heterocycles. The number of carbonyl (C=O) groups is 2. The Hall–Kier alpha value is -2.65. The van der Waals surface area contributed by atoms with Gasteiger partial charge in [0.2, 0.25) is 5.91 Å². The molecule has 0 saturated carbocycles. The first-order valence-electron chi connectivity index (χ1n) is 7.59. The van der Waals surface area contributed by atoms with E-state index in [2.05, 4.69) is 10.2 Å². The summed E-state index contributed by atoms with van der Waals surface area (Å²) in [4.78, 5) is 26.0. The molecule has 0 unspecified atom stereocenters. The van der Waals surface area contributed by atoms with Crippen LogP contribution in [0.4, 0.5) is 5.69 Å². The highest BCUT2D eigenvalue weighted by atomic mass is 32.2. The van der Waals surface area contributed by atoms with E-state index >= 15 is 0 Å². The number of methoxy groups -OCH3 is 1. The van der Waals surface area contributed by atoms with Gasteiger partial charge in [-0.05, 0) is 35.7 Å². The highest BCUT2D eigenvalue weighted by Gasteiger charge is 2.40. The van der Waals surface area contributed by atoms with Gasteiger partial charge >= 0.3 is 5.97 Å². The van der Waals surface area contributed by atoms with Crippen molar-refractivity contribution in [1.82, 2.24) is 0 Å². The fourth-order valence-electron chi connectivity index (χ4n) is 2.29. The SMILES string of the molecule is COc1ccc(N2C(=O)[C@@H](CC(=O)O)S/C2=N/N=C\c2cccs2)cc1. The maximum absolute atomic E-state index is 12.7. The molecule has 1 aliphatic heterocycles. The third-order valence-electron chi connectivity index (χ3n) is 3.50. The van der Waals surface area contributed by atoms with Gasteiger partial charge < -0.3 is 9.84 Å². The van der Waals surface area contributed by atoms with Crippen LogP contribution < -0.4 is 9.64 Å². The number of benzene rings is 1.